The van der Waals surface area contributed by atoms with E-state index in [0.717, 1.165) is 25.0 Å². The van der Waals surface area contributed by atoms with E-state index in [1.165, 1.54) is 12.3 Å². The summed E-state index contributed by atoms with van der Waals surface area (Å²) in [7, 11) is 0. The van der Waals surface area contributed by atoms with Crippen molar-refractivity contribution in [2.24, 2.45) is 11.8 Å². The Morgan fingerprint density at radius 2 is 1.79 bits per heavy atom. The number of piperidine rings is 1. The second-order valence-electron chi connectivity index (χ2n) is 10.1. The highest BCUT2D eigenvalue weighted by atomic mass is 35.5. The number of H-pyrrole nitrogens is 1. The van der Waals surface area contributed by atoms with Crippen molar-refractivity contribution in [3.63, 3.8) is 0 Å². The number of unbranched alkanes of at least 4 members (excludes halogenated alkanes) is 1. The van der Waals surface area contributed by atoms with Gasteiger partial charge in [-0.25, -0.2) is 13.2 Å². The fourth-order valence-electron chi connectivity index (χ4n) is 5.78. The lowest BCUT2D eigenvalue weighted by atomic mass is 9.91. The molecule has 1 aromatic carbocycles. The van der Waals surface area contributed by atoms with Gasteiger partial charge in [-0.05, 0) is 55.7 Å². The van der Waals surface area contributed by atoms with Gasteiger partial charge in [-0.15, -0.1) is 16.7 Å². The Bertz CT molecular complexity index is 1290. The first-order valence-electron chi connectivity index (χ1n) is 12.8. The third-order valence-electron chi connectivity index (χ3n) is 7.68. The van der Waals surface area contributed by atoms with Crippen LogP contribution in [0.15, 0.2) is 30.5 Å². The maximum atomic E-state index is 14.7. The maximum Gasteiger partial charge on any atom is 0.433 e. The van der Waals surface area contributed by atoms with Crippen molar-refractivity contribution in [3.8, 4) is 0 Å². The molecule has 39 heavy (non-hydrogen) atoms. The molecule has 2 aromatic heterocycles. The molecule has 0 radical (unpaired) electrons. The quantitative estimate of drug-likeness (QED) is 0.132. The molecule has 5 rings (SSSR count). The Hall–Kier alpha value is -3.02. The van der Waals surface area contributed by atoms with E-state index in [9.17, 15) is 26.3 Å². The third-order valence-corrected chi connectivity index (χ3v) is 7.95. The molecule has 6 nitrogen and oxygen atoms in total. The second-order valence-corrected chi connectivity index (χ2v) is 10.5. The molecule has 2 N–H and O–H groups in total. The SMILES string of the molecule is Fc1ccc(C(CCCCCl)c2nc(NC3C4CC[C@H]3CN(c3ccnc(C(F)(F)F)c3)C4)n[nH]2)c(F)c1F. The molecule has 13 heteroatoms. The van der Waals surface area contributed by atoms with Crippen LogP contribution in [0.4, 0.5) is 38.0 Å². The lowest BCUT2D eigenvalue weighted by Crippen LogP contribution is -2.48. The topological polar surface area (TPSA) is 69.7 Å². The summed E-state index contributed by atoms with van der Waals surface area (Å²) in [5.41, 5.74) is -0.449. The minimum atomic E-state index is -4.51. The molecule has 1 saturated carbocycles. The number of nitrogens with one attached hydrogen (secondary N) is 2. The van der Waals surface area contributed by atoms with Crippen LogP contribution < -0.4 is 10.2 Å². The number of hydrogen-bond donors (Lipinski definition) is 2. The van der Waals surface area contributed by atoms with E-state index in [2.05, 4.69) is 25.5 Å². The summed E-state index contributed by atoms with van der Waals surface area (Å²) in [6.07, 6.45) is 0.138. The van der Waals surface area contributed by atoms with Gasteiger partial charge in [-0.1, -0.05) is 12.5 Å². The molecular weight excluding hydrogens is 546 g/mol. The highest BCUT2D eigenvalue weighted by molar-refractivity contribution is 6.17. The summed E-state index contributed by atoms with van der Waals surface area (Å²) >= 11 is 5.79. The minimum absolute atomic E-state index is 0.00326. The molecule has 3 heterocycles. The number of benzene rings is 1. The highest BCUT2D eigenvalue weighted by Gasteiger charge is 2.43. The molecule has 2 aliphatic rings. The summed E-state index contributed by atoms with van der Waals surface area (Å²) < 4.78 is 81.7. The summed E-state index contributed by atoms with van der Waals surface area (Å²) in [4.78, 5) is 9.94. The van der Waals surface area contributed by atoms with E-state index in [4.69, 9.17) is 11.6 Å². The van der Waals surface area contributed by atoms with Crippen LogP contribution in [-0.4, -0.2) is 45.2 Å². The third kappa shape index (κ3) is 5.80. The number of anilines is 2. The first-order chi connectivity index (χ1) is 18.7. The van der Waals surface area contributed by atoms with Gasteiger partial charge in [0, 0.05) is 48.4 Å². The number of pyridine rings is 1. The van der Waals surface area contributed by atoms with Crippen LogP contribution >= 0.6 is 11.6 Å². The molecule has 2 bridgehead atoms. The van der Waals surface area contributed by atoms with Gasteiger partial charge < -0.3 is 10.2 Å². The Morgan fingerprint density at radius 3 is 2.49 bits per heavy atom. The van der Waals surface area contributed by atoms with Crippen LogP contribution in [-0.2, 0) is 6.18 Å². The lowest BCUT2D eigenvalue weighted by molar-refractivity contribution is -0.141. The van der Waals surface area contributed by atoms with Crippen LogP contribution in [0.2, 0.25) is 0 Å². The molecule has 4 atom stereocenters. The Morgan fingerprint density at radius 1 is 1.05 bits per heavy atom. The van der Waals surface area contributed by atoms with Crippen molar-refractivity contribution < 1.29 is 26.3 Å². The van der Waals surface area contributed by atoms with Crippen molar-refractivity contribution in [3.05, 3.63) is 65.0 Å². The van der Waals surface area contributed by atoms with E-state index in [0.29, 0.717) is 55.7 Å². The van der Waals surface area contributed by atoms with E-state index < -0.39 is 35.2 Å². The van der Waals surface area contributed by atoms with Crippen LogP contribution in [0.5, 0.6) is 0 Å². The molecule has 0 spiro atoms. The zero-order valence-corrected chi connectivity index (χ0v) is 21.5. The summed E-state index contributed by atoms with van der Waals surface area (Å²) in [6, 6.07) is 4.78. The van der Waals surface area contributed by atoms with E-state index in [1.54, 1.807) is 6.07 Å². The zero-order chi connectivity index (χ0) is 27.7. The highest BCUT2D eigenvalue weighted by Crippen LogP contribution is 2.41. The van der Waals surface area contributed by atoms with Crippen molar-refractivity contribution in [1.29, 1.82) is 0 Å². The predicted molar refractivity (Wildman–Crippen MR) is 134 cm³/mol. The smallest absolute Gasteiger partial charge is 0.371 e. The van der Waals surface area contributed by atoms with E-state index >= 15 is 0 Å². The van der Waals surface area contributed by atoms with Gasteiger partial charge in [0.15, 0.2) is 17.5 Å². The summed E-state index contributed by atoms with van der Waals surface area (Å²) in [5, 5.41) is 10.4. The predicted octanol–water partition coefficient (Wildman–Crippen LogP) is 6.50. The number of rotatable bonds is 9. The normalized spacial score (nSPS) is 21.8. The monoisotopic (exact) mass is 572 g/mol. The van der Waals surface area contributed by atoms with Gasteiger partial charge in [-0.2, -0.15) is 18.2 Å². The van der Waals surface area contributed by atoms with Crippen LogP contribution in [0, 0.1) is 29.3 Å². The molecule has 3 aromatic rings. The second kappa shape index (κ2) is 11.2. The van der Waals surface area contributed by atoms with Gasteiger partial charge in [0.25, 0.3) is 0 Å². The number of fused-ring (bicyclic) bond motifs is 2. The lowest BCUT2D eigenvalue weighted by Gasteiger charge is -2.39. The first kappa shape index (κ1) is 27.5. The van der Waals surface area contributed by atoms with Gasteiger partial charge >= 0.3 is 6.18 Å². The molecule has 2 fully saturated rings. The van der Waals surface area contributed by atoms with E-state index in [-0.39, 0.29) is 23.4 Å². The summed E-state index contributed by atoms with van der Waals surface area (Å²) in [5.74, 6) is -3.41. The largest absolute Gasteiger partial charge is 0.433 e. The average Bonchev–Trinajstić information content (AvgIpc) is 3.45. The fraction of sp³-hybridized carbons (Fsp3) is 0.500. The number of nitrogens with zero attached hydrogens (tertiary/aromatic N) is 4. The van der Waals surface area contributed by atoms with Crippen molar-refractivity contribution >= 4 is 23.2 Å². The minimum Gasteiger partial charge on any atom is -0.371 e. The van der Waals surface area contributed by atoms with Gasteiger partial charge in [0.2, 0.25) is 5.95 Å². The zero-order valence-electron chi connectivity index (χ0n) is 20.8. The van der Waals surface area contributed by atoms with Gasteiger partial charge in [-0.3, -0.25) is 10.1 Å². The molecule has 1 aliphatic heterocycles. The fourth-order valence-corrected chi connectivity index (χ4v) is 5.97. The molecule has 3 unspecified atom stereocenters. The average molecular weight is 573 g/mol. The molecule has 210 valence electrons. The van der Waals surface area contributed by atoms with Crippen LogP contribution in [0.25, 0.3) is 0 Å². The number of alkyl halides is 4. The van der Waals surface area contributed by atoms with Gasteiger partial charge in [0.05, 0.1) is 0 Å². The van der Waals surface area contributed by atoms with E-state index in [1.807, 2.05) is 4.90 Å². The number of aromatic amines is 1. The van der Waals surface area contributed by atoms with Crippen molar-refractivity contribution in [2.45, 2.75) is 50.2 Å². The Labute approximate surface area is 226 Å². The molecule has 1 aliphatic carbocycles. The van der Waals surface area contributed by atoms with Crippen molar-refractivity contribution in [2.75, 3.05) is 29.2 Å². The van der Waals surface area contributed by atoms with Crippen LogP contribution in [0.1, 0.15) is 55.1 Å². The Kier molecular flexibility index (Phi) is 7.93. The number of aromatic nitrogens is 4. The molecule has 1 saturated heterocycles. The number of halogens is 7. The summed E-state index contributed by atoms with van der Waals surface area (Å²) in [6.45, 7) is 1.13. The standard InChI is InChI=1S/C26H27ClF6N6/c27-9-2-1-3-18(17-6-7-19(28)22(30)21(17)29)24-36-25(38-37-24)35-23-14-4-5-15(23)13-39(12-14)16-8-10-34-20(11-16)26(31,32)33/h6-8,10-11,14-15,18,23H,1-5,9,12-13H2,(H2,35,36,37,38)/t14-,15?,18?,23?/m0/s1. The maximum absolute atomic E-state index is 14.7. The Balaban J connectivity index is 1.31. The molecule has 0 amide bonds. The van der Waals surface area contributed by atoms with Gasteiger partial charge in [0.1, 0.15) is 11.5 Å². The van der Waals surface area contributed by atoms with Crippen molar-refractivity contribution in [1.82, 2.24) is 20.2 Å². The number of hydrogen-bond acceptors (Lipinski definition) is 5. The first-order valence-corrected chi connectivity index (χ1v) is 13.4. The van der Waals surface area contributed by atoms with Crippen LogP contribution in [0.3, 0.4) is 0 Å². The molecular formula is C26H27ClF6N6.